The van der Waals surface area contributed by atoms with Gasteiger partial charge in [0.25, 0.3) is 0 Å². The maximum atomic E-state index is 11.2. The summed E-state index contributed by atoms with van der Waals surface area (Å²) in [6, 6.07) is 7.87. The van der Waals surface area contributed by atoms with Gasteiger partial charge in [-0.2, -0.15) is 0 Å². The van der Waals surface area contributed by atoms with E-state index < -0.39 is 6.10 Å². The van der Waals surface area contributed by atoms with E-state index in [4.69, 9.17) is 4.74 Å². The van der Waals surface area contributed by atoms with E-state index in [1.165, 1.54) is 6.42 Å². The Kier molecular flexibility index (Phi) is 4.92. The fourth-order valence-electron chi connectivity index (χ4n) is 4.86. The zero-order chi connectivity index (χ0) is 18.1. The summed E-state index contributed by atoms with van der Waals surface area (Å²) in [5.41, 5.74) is 1.80. The van der Waals surface area contributed by atoms with E-state index in [2.05, 4.69) is 9.88 Å². The Morgan fingerprint density at radius 1 is 1.42 bits per heavy atom. The van der Waals surface area contributed by atoms with Gasteiger partial charge in [-0.05, 0) is 67.5 Å². The first kappa shape index (κ1) is 17.4. The van der Waals surface area contributed by atoms with Crippen molar-refractivity contribution in [3.63, 3.8) is 0 Å². The summed E-state index contributed by atoms with van der Waals surface area (Å²) in [6.07, 6.45) is 6.06. The number of aldehydes is 1. The zero-order valence-corrected chi connectivity index (χ0v) is 15.2. The number of carbonyl (C=O) groups excluding carboxylic acids is 1. The van der Waals surface area contributed by atoms with Crippen LogP contribution < -0.4 is 4.74 Å². The van der Waals surface area contributed by atoms with Gasteiger partial charge in [-0.1, -0.05) is 0 Å². The molecule has 5 atom stereocenters. The number of pyridine rings is 1. The molecule has 2 aromatic rings. The standard InChI is InChI=1S/C21H26N2O3/c1-26-16-4-5-19-18(12-16)17(6-8-22-19)21(25)20-11-14-7-9-23(20)13-15(14)3-2-10-24/h4-6,8,10,12,14-15,20-21,25H,2-3,7,9,11,13H2,1H3/t14-,15-,20+,21-/m0/s1. The fraction of sp³-hybridized carbons (Fsp3) is 0.524. The van der Waals surface area contributed by atoms with Crippen LogP contribution in [0, 0.1) is 11.8 Å². The van der Waals surface area contributed by atoms with Crippen molar-refractivity contribution in [1.82, 2.24) is 9.88 Å². The number of nitrogens with zero attached hydrogens (tertiary/aromatic N) is 2. The number of rotatable bonds is 6. The highest BCUT2D eigenvalue weighted by atomic mass is 16.5. The van der Waals surface area contributed by atoms with Gasteiger partial charge in [-0.25, -0.2) is 0 Å². The molecule has 4 heterocycles. The van der Waals surface area contributed by atoms with Gasteiger partial charge < -0.3 is 14.6 Å². The number of hydrogen-bond acceptors (Lipinski definition) is 5. The molecule has 3 fully saturated rings. The molecule has 138 valence electrons. The second-order valence-corrected chi connectivity index (χ2v) is 7.58. The van der Waals surface area contributed by atoms with Crippen LogP contribution in [0.1, 0.15) is 37.4 Å². The second-order valence-electron chi connectivity index (χ2n) is 7.58. The van der Waals surface area contributed by atoms with Crippen LogP contribution in [0.4, 0.5) is 0 Å². The number of fused-ring (bicyclic) bond motifs is 4. The summed E-state index contributed by atoms with van der Waals surface area (Å²) < 4.78 is 5.36. The number of carbonyl (C=O) groups is 1. The molecule has 1 unspecified atom stereocenters. The Bertz CT molecular complexity index is 794. The van der Waals surface area contributed by atoms with E-state index in [-0.39, 0.29) is 6.04 Å². The Morgan fingerprint density at radius 2 is 2.31 bits per heavy atom. The molecule has 5 heteroatoms. The highest BCUT2D eigenvalue weighted by Crippen LogP contribution is 2.43. The SMILES string of the molecule is COc1ccc2nccc([C@H](O)[C@H]3C[C@@H]4CCN3C[C@@H]4CCC=O)c2c1. The van der Waals surface area contributed by atoms with Gasteiger partial charge in [0.1, 0.15) is 12.0 Å². The van der Waals surface area contributed by atoms with Gasteiger partial charge in [0.15, 0.2) is 0 Å². The number of aliphatic hydroxyl groups is 1. The third-order valence-electron chi connectivity index (χ3n) is 6.26. The quantitative estimate of drug-likeness (QED) is 0.808. The minimum atomic E-state index is -0.539. The maximum Gasteiger partial charge on any atom is 0.120 e. The van der Waals surface area contributed by atoms with E-state index in [1.54, 1.807) is 13.3 Å². The molecule has 3 aliphatic heterocycles. The average molecular weight is 354 g/mol. The van der Waals surface area contributed by atoms with Gasteiger partial charge in [-0.15, -0.1) is 0 Å². The Morgan fingerprint density at radius 3 is 3.04 bits per heavy atom. The van der Waals surface area contributed by atoms with E-state index in [0.717, 1.165) is 54.4 Å². The Hall–Kier alpha value is -1.98. The van der Waals surface area contributed by atoms with Crippen LogP contribution >= 0.6 is 0 Å². The average Bonchev–Trinajstić information content (AvgIpc) is 2.71. The van der Waals surface area contributed by atoms with Crippen molar-refractivity contribution in [3.8, 4) is 5.75 Å². The number of ether oxygens (including phenoxy) is 1. The van der Waals surface area contributed by atoms with Crippen LogP contribution in [0.2, 0.25) is 0 Å². The largest absolute Gasteiger partial charge is 0.497 e. The van der Waals surface area contributed by atoms with Crippen molar-refractivity contribution in [3.05, 3.63) is 36.0 Å². The molecule has 0 aliphatic carbocycles. The summed E-state index contributed by atoms with van der Waals surface area (Å²) >= 11 is 0. The topological polar surface area (TPSA) is 62.7 Å². The number of piperidine rings is 3. The molecule has 26 heavy (non-hydrogen) atoms. The lowest BCUT2D eigenvalue weighted by Crippen LogP contribution is -2.55. The molecule has 0 amide bonds. The normalized spacial score (nSPS) is 28.8. The fourth-order valence-corrected chi connectivity index (χ4v) is 4.86. The monoisotopic (exact) mass is 354 g/mol. The summed E-state index contributed by atoms with van der Waals surface area (Å²) in [6.45, 7) is 2.03. The van der Waals surface area contributed by atoms with Gasteiger partial charge in [-0.3, -0.25) is 9.88 Å². The predicted molar refractivity (Wildman–Crippen MR) is 100 cm³/mol. The van der Waals surface area contributed by atoms with Crippen molar-refractivity contribution in [1.29, 1.82) is 0 Å². The highest BCUT2D eigenvalue weighted by molar-refractivity contribution is 5.83. The third kappa shape index (κ3) is 3.10. The summed E-state index contributed by atoms with van der Waals surface area (Å²) in [5, 5.41) is 12.2. The maximum absolute atomic E-state index is 11.2. The summed E-state index contributed by atoms with van der Waals surface area (Å²) in [5.74, 6) is 1.98. The molecule has 3 saturated heterocycles. The van der Waals surface area contributed by atoms with Crippen LogP contribution in [-0.4, -0.2) is 47.5 Å². The molecule has 1 aromatic carbocycles. The lowest BCUT2D eigenvalue weighted by Gasteiger charge is -2.51. The second kappa shape index (κ2) is 7.33. The van der Waals surface area contributed by atoms with Crippen molar-refractivity contribution in [2.75, 3.05) is 20.2 Å². The minimum Gasteiger partial charge on any atom is -0.497 e. The molecular formula is C21H26N2O3. The van der Waals surface area contributed by atoms with Crippen LogP contribution in [-0.2, 0) is 4.79 Å². The van der Waals surface area contributed by atoms with Gasteiger partial charge in [0.2, 0.25) is 0 Å². The van der Waals surface area contributed by atoms with Crippen LogP contribution in [0.3, 0.4) is 0 Å². The molecule has 0 radical (unpaired) electrons. The van der Waals surface area contributed by atoms with Crippen molar-refractivity contribution >= 4 is 17.2 Å². The van der Waals surface area contributed by atoms with Gasteiger partial charge >= 0.3 is 0 Å². The Balaban J connectivity index is 1.60. The van der Waals surface area contributed by atoms with Crippen molar-refractivity contribution in [2.24, 2.45) is 11.8 Å². The number of hydrogen-bond donors (Lipinski definition) is 1. The number of aliphatic hydroxyl groups excluding tert-OH is 1. The molecule has 0 saturated carbocycles. The van der Waals surface area contributed by atoms with Crippen molar-refractivity contribution < 1.29 is 14.6 Å². The molecule has 5 rings (SSSR count). The molecule has 1 N–H and O–H groups in total. The number of benzene rings is 1. The van der Waals surface area contributed by atoms with E-state index in [0.29, 0.717) is 18.3 Å². The van der Waals surface area contributed by atoms with Crippen LogP contribution in [0.25, 0.3) is 10.9 Å². The molecule has 2 bridgehead atoms. The highest BCUT2D eigenvalue weighted by Gasteiger charge is 2.42. The lowest BCUT2D eigenvalue weighted by atomic mass is 9.72. The smallest absolute Gasteiger partial charge is 0.120 e. The van der Waals surface area contributed by atoms with E-state index in [9.17, 15) is 9.90 Å². The summed E-state index contributed by atoms with van der Waals surface area (Å²) in [4.78, 5) is 17.6. The van der Waals surface area contributed by atoms with Crippen LogP contribution in [0.15, 0.2) is 30.5 Å². The number of aromatic nitrogens is 1. The first-order chi connectivity index (χ1) is 12.7. The first-order valence-electron chi connectivity index (χ1n) is 9.49. The lowest BCUT2D eigenvalue weighted by molar-refractivity contribution is -0.108. The molecule has 5 nitrogen and oxygen atoms in total. The molecule has 3 aliphatic rings. The number of methoxy groups -OCH3 is 1. The zero-order valence-electron chi connectivity index (χ0n) is 15.2. The van der Waals surface area contributed by atoms with E-state index in [1.807, 2.05) is 24.3 Å². The third-order valence-corrected chi connectivity index (χ3v) is 6.26. The predicted octanol–water partition coefficient (Wildman–Crippen LogP) is 2.97. The summed E-state index contributed by atoms with van der Waals surface area (Å²) in [7, 11) is 1.65. The molecule has 1 aromatic heterocycles. The van der Waals surface area contributed by atoms with Gasteiger partial charge in [0.05, 0.1) is 18.7 Å². The van der Waals surface area contributed by atoms with Crippen LogP contribution in [0.5, 0.6) is 5.75 Å². The molecule has 0 spiro atoms. The van der Waals surface area contributed by atoms with E-state index >= 15 is 0 Å². The van der Waals surface area contributed by atoms with Crippen molar-refractivity contribution in [2.45, 2.75) is 37.8 Å². The van der Waals surface area contributed by atoms with Gasteiger partial charge in [0, 0.05) is 30.6 Å². The first-order valence-corrected chi connectivity index (χ1v) is 9.49. The minimum absolute atomic E-state index is 0.137. The molecular weight excluding hydrogens is 328 g/mol. The Labute approximate surface area is 154 Å².